The van der Waals surface area contributed by atoms with Crippen LogP contribution in [0.25, 0.3) is 0 Å². The molecule has 0 aliphatic heterocycles. The SMILES string of the molecule is CNC(C(C)=O)C(CC(=O)O)CC(=O)O. The number of nitrogens with one attached hydrogen (secondary N) is 1. The first-order chi connectivity index (χ1) is 6.88. The van der Waals surface area contributed by atoms with Crippen LogP contribution in [0.4, 0.5) is 0 Å². The summed E-state index contributed by atoms with van der Waals surface area (Å²) in [5, 5.41) is 19.8. The van der Waals surface area contributed by atoms with E-state index in [2.05, 4.69) is 5.32 Å². The average molecular weight is 217 g/mol. The van der Waals surface area contributed by atoms with Crippen molar-refractivity contribution in [1.29, 1.82) is 0 Å². The van der Waals surface area contributed by atoms with Gasteiger partial charge < -0.3 is 15.5 Å². The Labute approximate surface area is 87.3 Å². The van der Waals surface area contributed by atoms with Crippen LogP contribution >= 0.6 is 0 Å². The summed E-state index contributed by atoms with van der Waals surface area (Å²) in [7, 11) is 1.50. The van der Waals surface area contributed by atoms with E-state index in [1.807, 2.05) is 0 Å². The van der Waals surface area contributed by atoms with Gasteiger partial charge in [0.15, 0.2) is 0 Å². The number of aliphatic carboxylic acids is 2. The van der Waals surface area contributed by atoms with Crippen molar-refractivity contribution >= 4 is 17.7 Å². The van der Waals surface area contributed by atoms with Gasteiger partial charge in [-0.2, -0.15) is 0 Å². The summed E-state index contributed by atoms with van der Waals surface area (Å²) in [4.78, 5) is 32.1. The molecule has 0 aromatic carbocycles. The Morgan fingerprint density at radius 3 is 1.73 bits per heavy atom. The van der Waals surface area contributed by atoms with Crippen LogP contribution in [0.3, 0.4) is 0 Å². The minimum absolute atomic E-state index is 0.259. The first-order valence-electron chi connectivity index (χ1n) is 4.49. The molecule has 86 valence electrons. The second-order valence-corrected chi connectivity index (χ2v) is 3.33. The Morgan fingerprint density at radius 2 is 1.53 bits per heavy atom. The van der Waals surface area contributed by atoms with Crippen molar-refractivity contribution < 1.29 is 24.6 Å². The number of rotatable bonds is 7. The number of Topliss-reactive ketones (excluding diaryl/α,β-unsaturated/α-hetero) is 1. The minimum atomic E-state index is -1.11. The third kappa shape index (κ3) is 5.11. The first-order valence-corrected chi connectivity index (χ1v) is 4.49. The highest BCUT2D eigenvalue weighted by Crippen LogP contribution is 2.15. The lowest BCUT2D eigenvalue weighted by molar-refractivity contribution is -0.141. The van der Waals surface area contributed by atoms with E-state index < -0.39 is 23.9 Å². The van der Waals surface area contributed by atoms with E-state index >= 15 is 0 Å². The van der Waals surface area contributed by atoms with Crippen LogP contribution < -0.4 is 5.32 Å². The molecule has 6 nitrogen and oxygen atoms in total. The summed E-state index contributed by atoms with van der Waals surface area (Å²) in [5.41, 5.74) is 0. The summed E-state index contributed by atoms with van der Waals surface area (Å²) in [6.45, 7) is 1.30. The summed E-state index contributed by atoms with van der Waals surface area (Å²) in [6, 6.07) is -0.725. The maximum absolute atomic E-state index is 11.1. The van der Waals surface area contributed by atoms with Gasteiger partial charge in [-0.15, -0.1) is 0 Å². The molecule has 0 bridgehead atoms. The molecule has 0 aliphatic rings. The molecule has 0 amide bonds. The third-order valence-electron chi connectivity index (χ3n) is 2.09. The molecular formula is C9H15NO5. The number of likely N-dealkylation sites (N-methyl/N-ethyl adjacent to an activating group) is 1. The van der Waals surface area contributed by atoms with E-state index in [0.717, 1.165) is 0 Å². The van der Waals surface area contributed by atoms with Crippen LogP contribution in [0, 0.1) is 5.92 Å². The monoisotopic (exact) mass is 217 g/mol. The molecule has 0 aromatic heterocycles. The number of carbonyl (C=O) groups excluding carboxylic acids is 1. The Morgan fingerprint density at radius 1 is 1.13 bits per heavy atom. The van der Waals surface area contributed by atoms with E-state index in [1.165, 1.54) is 14.0 Å². The van der Waals surface area contributed by atoms with Crippen molar-refractivity contribution in [2.45, 2.75) is 25.8 Å². The summed E-state index contributed by atoms with van der Waals surface area (Å²) in [6.07, 6.45) is -0.672. The molecule has 6 heteroatoms. The van der Waals surface area contributed by atoms with Crippen molar-refractivity contribution in [2.75, 3.05) is 7.05 Å². The van der Waals surface area contributed by atoms with E-state index in [4.69, 9.17) is 10.2 Å². The standard InChI is InChI=1S/C9H15NO5/c1-5(11)9(10-2)6(3-7(12)13)4-8(14)15/h6,9-10H,3-4H2,1-2H3,(H,12,13)(H,14,15). The maximum atomic E-state index is 11.1. The zero-order valence-corrected chi connectivity index (χ0v) is 8.69. The molecule has 0 fully saturated rings. The van der Waals surface area contributed by atoms with Crippen LogP contribution in [0.1, 0.15) is 19.8 Å². The van der Waals surface area contributed by atoms with Crippen LogP contribution in [-0.4, -0.2) is 41.0 Å². The Bertz CT molecular complexity index is 247. The fourth-order valence-electron chi connectivity index (χ4n) is 1.53. The van der Waals surface area contributed by atoms with Crippen molar-refractivity contribution in [3.63, 3.8) is 0 Å². The predicted octanol–water partition coefficient (Wildman–Crippen LogP) is -0.271. The summed E-state index contributed by atoms with van der Waals surface area (Å²) < 4.78 is 0. The normalized spacial score (nSPS) is 12.5. The minimum Gasteiger partial charge on any atom is -0.481 e. The van der Waals surface area contributed by atoms with E-state index in [9.17, 15) is 14.4 Å². The second kappa shape index (κ2) is 6.13. The zero-order chi connectivity index (χ0) is 12.0. The van der Waals surface area contributed by atoms with Crippen molar-refractivity contribution in [1.82, 2.24) is 5.32 Å². The molecule has 1 atom stereocenters. The third-order valence-corrected chi connectivity index (χ3v) is 2.09. The Balaban J connectivity index is 4.64. The predicted molar refractivity (Wildman–Crippen MR) is 51.5 cm³/mol. The van der Waals surface area contributed by atoms with Crippen molar-refractivity contribution in [3.05, 3.63) is 0 Å². The van der Waals surface area contributed by atoms with Crippen molar-refractivity contribution in [2.24, 2.45) is 5.92 Å². The van der Waals surface area contributed by atoms with E-state index in [0.29, 0.717) is 0 Å². The first kappa shape index (κ1) is 13.6. The van der Waals surface area contributed by atoms with Crippen LogP contribution in [-0.2, 0) is 14.4 Å². The van der Waals surface area contributed by atoms with Crippen LogP contribution in [0.5, 0.6) is 0 Å². The fraction of sp³-hybridized carbons (Fsp3) is 0.667. The molecule has 0 rings (SSSR count). The lowest BCUT2D eigenvalue weighted by Crippen LogP contribution is -2.41. The molecule has 0 heterocycles. The van der Waals surface area contributed by atoms with Gasteiger partial charge in [-0.1, -0.05) is 0 Å². The molecule has 0 spiro atoms. The summed E-state index contributed by atoms with van der Waals surface area (Å²) >= 11 is 0. The quantitative estimate of drug-likeness (QED) is 0.542. The van der Waals surface area contributed by atoms with Gasteiger partial charge >= 0.3 is 11.9 Å². The van der Waals surface area contributed by atoms with Gasteiger partial charge in [0.25, 0.3) is 0 Å². The smallest absolute Gasteiger partial charge is 0.303 e. The molecule has 0 saturated heterocycles. The Hall–Kier alpha value is -1.43. The van der Waals surface area contributed by atoms with Gasteiger partial charge in [0.1, 0.15) is 5.78 Å². The second-order valence-electron chi connectivity index (χ2n) is 3.33. The Kier molecular flexibility index (Phi) is 5.54. The highest BCUT2D eigenvalue weighted by Gasteiger charge is 2.28. The van der Waals surface area contributed by atoms with Gasteiger partial charge in [-0.25, -0.2) is 0 Å². The molecule has 15 heavy (non-hydrogen) atoms. The molecule has 3 N–H and O–H groups in total. The van der Waals surface area contributed by atoms with Gasteiger partial charge in [0.05, 0.1) is 18.9 Å². The lowest BCUT2D eigenvalue weighted by atomic mass is 9.90. The van der Waals surface area contributed by atoms with Gasteiger partial charge in [-0.05, 0) is 14.0 Å². The number of carboxylic acid groups (broad SMARTS) is 2. The maximum Gasteiger partial charge on any atom is 0.303 e. The highest BCUT2D eigenvalue weighted by atomic mass is 16.4. The topological polar surface area (TPSA) is 104 Å². The van der Waals surface area contributed by atoms with Crippen molar-refractivity contribution in [3.8, 4) is 0 Å². The lowest BCUT2D eigenvalue weighted by Gasteiger charge is -2.21. The number of hydrogen-bond donors (Lipinski definition) is 3. The molecule has 0 saturated carbocycles. The zero-order valence-electron chi connectivity index (χ0n) is 8.69. The number of carboxylic acids is 2. The fourth-order valence-corrected chi connectivity index (χ4v) is 1.53. The van der Waals surface area contributed by atoms with Gasteiger partial charge in [0, 0.05) is 5.92 Å². The highest BCUT2D eigenvalue weighted by molar-refractivity contribution is 5.83. The molecule has 1 unspecified atom stereocenters. The number of ketones is 1. The number of hydrogen-bond acceptors (Lipinski definition) is 4. The van der Waals surface area contributed by atoms with Gasteiger partial charge in [0.2, 0.25) is 0 Å². The molecule has 0 aliphatic carbocycles. The van der Waals surface area contributed by atoms with Gasteiger partial charge in [-0.3, -0.25) is 14.4 Å². The molecular weight excluding hydrogens is 202 g/mol. The van der Waals surface area contributed by atoms with Crippen LogP contribution in [0.15, 0.2) is 0 Å². The number of carbonyl (C=O) groups is 3. The average Bonchev–Trinajstić information content (AvgIpc) is 2.01. The van der Waals surface area contributed by atoms with E-state index in [-0.39, 0.29) is 18.6 Å². The molecule has 0 aromatic rings. The van der Waals surface area contributed by atoms with E-state index in [1.54, 1.807) is 0 Å². The van der Waals surface area contributed by atoms with Crippen LogP contribution in [0.2, 0.25) is 0 Å². The molecule has 0 radical (unpaired) electrons. The summed E-state index contributed by atoms with van der Waals surface area (Å²) in [5.74, 6) is -3.20. The largest absolute Gasteiger partial charge is 0.481 e.